The number of aliphatic hydroxyl groups excluding tert-OH is 1. The van der Waals surface area contributed by atoms with E-state index in [4.69, 9.17) is 5.11 Å². The van der Waals surface area contributed by atoms with Gasteiger partial charge in [0.05, 0.1) is 6.54 Å². The SMILES string of the molecule is Cc1cccc(C)c1NC(=O)CNCCCO. The summed E-state index contributed by atoms with van der Waals surface area (Å²) in [5, 5.41) is 14.5. The number of aryl methyl sites for hydroxylation is 2. The first-order valence-electron chi connectivity index (χ1n) is 5.83. The van der Waals surface area contributed by atoms with Crippen molar-refractivity contribution < 1.29 is 9.90 Å². The molecule has 0 heterocycles. The molecular formula is C13H20N2O2. The highest BCUT2D eigenvalue weighted by Crippen LogP contribution is 2.18. The molecule has 17 heavy (non-hydrogen) atoms. The Bertz CT molecular complexity index is 357. The summed E-state index contributed by atoms with van der Waals surface area (Å²) in [6, 6.07) is 5.92. The predicted octanol–water partition coefficient (Wildman–Crippen LogP) is 1.21. The Kier molecular flexibility index (Phi) is 5.66. The molecule has 1 aromatic carbocycles. The molecule has 0 aliphatic carbocycles. The largest absolute Gasteiger partial charge is 0.396 e. The molecule has 0 atom stereocenters. The van der Waals surface area contributed by atoms with Crippen molar-refractivity contribution in [2.75, 3.05) is 25.0 Å². The van der Waals surface area contributed by atoms with Gasteiger partial charge in [0.25, 0.3) is 0 Å². The smallest absolute Gasteiger partial charge is 0.238 e. The average molecular weight is 236 g/mol. The third-order valence-corrected chi connectivity index (χ3v) is 2.54. The van der Waals surface area contributed by atoms with Crippen LogP contribution < -0.4 is 10.6 Å². The molecule has 4 nitrogen and oxygen atoms in total. The van der Waals surface area contributed by atoms with E-state index >= 15 is 0 Å². The van der Waals surface area contributed by atoms with Crippen LogP contribution in [0.5, 0.6) is 0 Å². The number of carbonyl (C=O) groups excluding carboxylic acids is 1. The van der Waals surface area contributed by atoms with Crippen LogP contribution in [0.15, 0.2) is 18.2 Å². The van der Waals surface area contributed by atoms with Crippen LogP contribution in [0, 0.1) is 13.8 Å². The Balaban J connectivity index is 2.45. The van der Waals surface area contributed by atoms with Crippen LogP contribution >= 0.6 is 0 Å². The third-order valence-electron chi connectivity index (χ3n) is 2.54. The van der Waals surface area contributed by atoms with Crippen LogP contribution in [0.25, 0.3) is 0 Å². The van der Waals surface area contributed by atoms with E-state index in [0.717, 1.165) is 16.8 Å². The highest BCUT2D eigenvalue weighted by Gasteiger charge is 2.06. The summed E-state index contributed by atoms with van der Waals surface area (Å²) in [7, 11) is 0. The Hall–Kier alpha value is -1.39. The van der Waals surface area contributed by atoms with Crippen LogP contribution in [-0.2, 0) is 4.79 Å². The van der Waals surface area contributed by atoms with Crippen molar-refractivity contribution in [3.8, 4) is 0 Å². The summed E-state index contributed by atoms with van der Waals surface area (Å²) in [5.74, 6) is -0.0552. The minimum absolute atomic E-state index is 0.0552. The normalized spacial score (nSPS) is 10.3. The molecule has 0 bridgehead atoms. The molecule has 1 aromatic rings. The van der Waals surface area contributed by atoms with E-state index in [9.17, 15) is 4.79 Å². The molecule has 3 N–H and O–H groups in total. The van der Waals surface area contributed by atoms with Crippen molar-refractivity contribution in [3.63, 3.8) is 0 Å². The van der Waals surface area contributed by atoms with Gasteiger partial charge in [0, 0.05) is 12.3 Å². The summed E-state index contributed by atoms with van der Waals surface area (Å²) in [5.41, 5.74) is 3.02. The molecule has 4 heteroatoms. The van der Waals surface area contributed by atoms with E-state index in [1.54, 1.807) is 0 Å². The second-order valence-corrected chi connectivity index (χ2v) is 4.07. The van der Waals surface area contributed by atoms with Gasteiger partial charge in [-0.2, -0.15) is 0 Å². The molecule has 0 saturated carbocycles. The molecule has 0 aromatic heterocycles. The first-order valence-corrected chi connectivity index (χ1v) is 5.83. The van der Waals surface area contributed by atoms with Gasteiger partial charge in [-0.25, -0.2) is 0 Å². The van der Waals surface area contributed by atoms with Gasteiger partial charge in [0.2, 0.25) is 5.91 Å². The molecule has 0 saturated heterocycles. The van der Waals surface area contributed by atoms with Gasteiger partial charge in [-0.05, 0) is 37.9 Å². The molecular weight excluding hydrogens is 216 g/mol. The minimum Gasteiger partial charge on any atom is -0.396 e. The second-order valence-electron chi connectivity index (χ2n) is 4.07. The van der Waals surface area contributed by atoms with Crippen molar-refractivity contribution in [1.29, 1.82) is 0 Å². The van der Waals surface area contributed by atoms with Gasteiger partial charge in [-0.1, -0.05) is 18.2 Å². The molecule has 0 spiro atoms. The van der Waals surface area contributed by atoms with E-state index < -0.39 is 0 Å². The molecule has 0 unspecified atom stereocenters. The summed E-state index contributed by atoms with van der Waals surface area (Å²) >= 11 is 0. The van der Waals surface area contributed by atoms with Gasteiger partial charge < -0.3 is 15.7 Å². The summed E-state index contributed by atoms with van der Waals surface area (Å²) in [4.78, 5) is 11.6. The van der Waals surface area contributed by atoms with Crippen LogP contribution in [0.1, 0.15) is 17.5 Å². The van der Waals surface area contributed by atoms with Crippen LogP contribution in [-0.4, -0.2) is 30.7 Å². The molecule has 0 aliphatic rings. The quantitative estimate of drug-likeness (QED) is 0.651. The van der Waals surface area contributed by atoms with Gasteiger partial charge in [-0.3, -0.25) is 4.79 Å². The first kappa shape index (κ1) is 13.7. The second kappa shape index (κ2) is 7.04. The molecule has 0 aliphatic heterocycles. The lowest BCUT2D eigenvalue weighted by molar-refractivity contribution is -0.115. The molecule has 1 amide bonds. The van der Waals surface area contributed by atoms with Crippen LogP contribution in [0.2, 0.25) is 0 Å². The Morgan fingerprint density at radius 2 is 1.94 bits per heavy atom. The Morgan fingerprint density at radius 1 is 1.29 bits per heavy atom. The number of hydrogen-bond donors (Lipinski definition) is 3. The summed E-state index contributed by atoms with van der Waals surface area (Å²) in [6.45, 7) is 5.01. The van der Waals surface area contributed by atoms with Crippen molar-refractivity contribution in [3.05, 3.63) is 29.3 Å². The van der Waals surface area contributed by atoms with Crippen molar-refractivity contribution in [2.24, 2.45) is 0 Å². The number of amides is 1. The van der Waals surface area contributed by atoms with Gasteiger partial charge in [0.15, 0.2) is 0 Å². The number of benzene rings is 1. The maximum Gasteiger partial charge on any atom is 0.238 e. The fourth-order valence-corrected chi connectivity index (χ4v) is 1.60. The maximum atomic E-state index is 11.6. The Morgan fingerprint density at radius 3 is 2.53 bits per heavy atom. The topological polar surface area (TPSA) is 61.4 Å². The lowest BCUT2D eigenvalue weighted by Crippen LogP contribution is -2.29. The van der Waals surface area contributed by atoms with Crippen LogP contribution in [0.3, 0.4) is 0 Å². The third kappa shape index (κ3) is 4.54. The van der Waals surface area contributed by atoms with E-state index in [0.29, 0.717) is 13.0 Å². The van der Waals surface area contributed by atoms with Crippen molar-refractivity contribution in [2.45, 2.75) is 20.3 Å². The van der Waals surface area contributed by atoms with E-state index in [-0.39, 0.29) is 19.1 Å². The summed E-state index contributed by atoms with van der Waals surface area (Å²) in [6.07, 6.45) is 0.663. The lowest BCUT2D eigenvalue weighted by atomic mass is 10.1. The van der Waals surface area contributed by atoms with Crippen LogP contribution in [0.4, 0.5) is 5.69 Å². The number of nitrogens with one attached hydrogen (secondary N) is 2. The van der Waals surface area contributed by atoms with Crippen molar-refractivity contribution in [1.82, 2.24) is 5.32 Å². The van der Waals surface area contributed by atoms with Crippen molar-refractivity contribution >= 4 is 11.6 Å². The average Bonchev–Trinajstić information content (AvgIpc) is 2.30. The fourth-order valence-electron chi connectivity index (χ4n) is 1.60. The number of anilines is 1. The fraction of sp³-hybridized carbons (Fsp3) is 0.462. The van der Waals surface area contributed by atoms with E-state index in [2.05, 4.69) is 10.6 Å². The lowest BCUT2D eigenvalue weighted by Gasteiger charge is -2.11. The first-order chi connectivity index (χ1) is 8.15. The summed E-state index contributed by atoms with van der Waals surface area (Å²) < 4.78 is 0. The monoisotopic (exact) mass is 236 g/mol. The molecule has 94 valence electrons. The molecule has 0 fully saturated rings. The van der Waals surface area contributed by atoms with Gasteiger partial charge >= 0.3 is 0 Å². The standard InChI is InChI=1S/C13H20N2O2/c1-10-5-3-6-11(2)13(10)15-12(17)9-14-7-4-8-16/h3,5-6,14,16H,4,7-9H2,1-2H3,(H,15,17). The maximum absolute atomic E-state index is 11.6. The highest BCUT2D eigenvalue weighted by atomic mass is 16.3. The van der Waals surface area contributed by atoms with Gasteiger partial charge in [-0.15, -0.1) is 0 Å². The molecule has 0 radical (unpaired) electrons. The number of rotatable bonds is 6. The number of carbonyl (C=O) groups is 1. The van der Waals surface area contributed by atoms with Gasteiger partial charge in [0.1, 0.15) is 0 Å². The zero-order valence-electron chi connectivity index (χ0n) is 10.4. The zero-order valence-corrected chi connectivity index (χ0v) is 10.4. The number of hydrogen-bond acceptors (Lipinski definition) is 3. The zero-order chi connectivity index (χ0) is 12.7. The molecule has 1 rings (SSSR count). The minimum atomic E-state index is -0.0552. The highest BCUT2D eigenvalue weighted by molar-refractivity contribution is 5.93. The number of para-hydroxylation sites is 1. The Labute approximate surface area is 102 Å². The van der Waals surface area contributed by atoms with E-state index in [1.165, 1.54) is 0 Å². The predicted molar refractivity (Wildman–Crippen MR) is 69.1 cm³/mol. The number of aliphatic hydroxyl groups is 1. The van der Waals surface area contributed by atoms with E-state index in [1.807, 2.05) is 32.0 Å².